The van der Waals surface area contributed by atoms with Gasteiger partial charge in [-0.05, 0) is 30.3 Å². The number of aromatic nitrogens is 1. The maximum absolute atomic E-state index is 12.6. The van der Waals surface area contributed by atoms with E-state index in [9.17, 15) is 18.0 Å². The number of amides is 1. The first-order valence-corrected chi connectivity index (χ1v) is 9.34. The summed E-state index contributed by atoms with van der Waals surface area (Å²) in [7, 11) is 0. The highest BCUT2D eigenvalue weighted by Crippen LogP contribution is 2.30. The van der Waals surface area contributed by atoms with E-state index in [0.29, 0.717) is 37.1 Å². The van der Waals surface area contributed by atoms with Crippen LogP contribution in [0.3, 0.4) is 0 Å². The van der Waals surface area contributed by atoms with Gasteiger partial charge in [0.2, 0.25) is 0 Å². The van der Waals surface area contributed by atoms with Crippen LogP contribution in [0.25, 0.3) is 17.0 Å². The molecule has 1 aliphatic heterocycles. The van der Waals surface area contributed by atoms with E-state index in [1.54, 1.807) is 18.3 Å². The van der Waals surface area contributed by atoms with Gasteiger partial charge in [-0.1, -0.05) is 35.8 Å². The largest absolute Gasteiger partial charge is 0.455 e. The highest BCUT2D eigenvalue weighted by molar-refractivity contribution is 8.26. The topological polar surface area (TPSA) is 55.1 Å². The number of hydrogen-bond acceptors (Lipinski definition) is 5. The molecule has 9 heteroatoms. The number of thioether (sulfide) groups is 1. The molecule has 1 aliphatic rings. The number of rotatable bonds is 1. The highest BCUT2D eigenvalue weighted by Gasteiger charge is 2.29. The van der Waals surface area contributed by atoms with E-state index in [1.165, 1.54) is 18.3 Å². The van der Waals surface area contributed by atoms with Gasteiger partial charge in [0.15, 0.2) is 5.58 Å². The Bertz CT molecular complexity index is 1230. The molecule has 0 unspecified atom stereocenters. The predicted molar refractivity (Wildman–Crippen MR) is 108 cm³/mol. The lowest BCUT2D eigenvalue weighted by molar-refractivity contribution is -0.137. The molecule has 0 aliphatic carbocycles. The van der Waals surface area contributed by atoms with Crippen molar-refractivity contribution in [2.75, 3.05) is 0 Å². The third-order valence-corrected chi connectivity index (χ3v) is 5.07. The molecule has 1 fully saturated rings. The molecule has 3 heterocycles. The molecular weight excluding hydrogens is 421 g/mol. The Hall–Kier alpha value is -3.09. The highest BCUT2D eigenvalue weighted by atomic mass is 32.2. The van der Waals surface area contributed by atoms with E-state index >= 15 is 0 Å². The Morgan fingerprint density at radius 3 is 2.59 bits per heavy atom. The summed E-state index contributed by atoms with van der Waals surface area (Å²) < 4.78 is 44.1. The second kappa shape index (κ2) is 7.39. The third kappa shape index (κ3) is 4.18. The minimum Gasteiger partial charge on any atom is -0.455 e. The van der Waals surface area contributed by atoms with Crippen molar-refractivity contribution in [3.63, 3.8) is 0 Å². The van der Waals surface area contributed by atoms with Crippen molar-refractivity contribution < 1.29 is 22.4 Å². The zero-order valence-corrected chi connectivity index (χ0v) is 16.0. The van der Waals surface area contributed by atoms with Crippen molar-refractivity contribution in [2.45, 2.75) is 6.18 Å². The van der Waals surface area contributed by atoms with Gasteiger partial charge in [-0.25, -0.2) is 0 Å². The first-order chi connectivity index (χ1) is 13.8. The first kappa shape index (κ1) is 19.2. The number of pyridine rings is 1. The van der Waals surface area contributed by atoms with Crippen molar-refractivity contribution in [3.8, 4) is 11.8 Å². The quantitative estimate of drug-likeness (QED) is 0.344. The number of alkyl halides is 3. The van der Waals surface area contributed by atoms with Gasteiger partial charge in [0.05, 0.1) is 16.0 Å². The second-order valence-electron chi connectivity index (χ2n) is 5.93. The molecule has 0 radical (unpaired) electrons. The SMILES string of the molecule is O=C1NC(=S)S/C1=C\c1cc2cncc(C#Cc3ccc(C(F)(F)F)cc3)c2o1. The number of carbonyl (C=O) groups excluding carboxylic acids is 1. The molecule has 4 rings (SSSR count). The molecule has 0 atom stereocenters. The second-order valence-corrected chi connectivity index (χ2v) is 7.65. The van der Waals surface area contributed by atoms with Gasteiger partial charge in [0.25, 0.3) is 5.91 Å². The summed E-state index contributed by atoms with van der Waals surface area (Å²) in [5.74, 6) is 5.83. The number of benzene rings is 1. The number of fused-ring (bicyclic) bond motifs is 1. The van der Waals surface area contributed by atoms with Gasteiger partial charge < -0.3 is 9.73 Å². The monoisotopic (exact) mass is 430 g/mol. The summed E-state index contributed by atoms with van der Waals surface area (Å²) >= 11 is 6.09. The Morgan fingerprint density at radius 1 is 1.17 bits per heavy atom. The van der Waals surface area contributed by atoms with Crippen LogP contribution in [0, 0.1) is 11.8 Å². The van der Waals surface area contributed by atoms with Crippen molar-refractivity contribution >= 4 is 51.3 Å². The fraction of sp³-hybridized carbons (Fsp3) is 0.0500. The van der Waals surface area contributed by atoms with Gasteiger partial charge in [0.1, 0.15) is 10.1 Å². The molecule has 144 valence electrons. The maximum Gasteiger partial charge on any atom is 0.416 e. The zero-order chi connectivity index (χ0) is 20.6. The predicted octanol–water partition coefficient (Wildman–Crippen LogP) is 4.74. The molecule has 1 N–H and O–H groups in total. The summed E-state index contributed by atoms with van der Waals surface area (Å²) in [6.07, 6.45) is 0.286. The van der Waals surface area contributed by atoms with Crippen LogP contribution in [0.4, 0.5) is 13.2 Å². The lowest BCUT2D eigenvalue weighted by Gasteiger charge is -2.05. The molecule has 0 spiro atoms. The van der Waals surface area contributed by atoms with Crippen molar-refractivity contribution in [1.29, 1.82) is 0 Å². The van der Waals surface area contributed by atoms with Gasteiger partial charge in [-0.2, -0.15) is 13.2 Å². The summed E-state index contributed by atoms with van der Waals surface area (Å²) in [6.45, 7) is 0. The molecule has 4 nitrogen and oxygen atoms in total. The third-order valence-electron chi connectivity index (χ3n) is 3.91. The Morgan fingerprint density at radius 2 is 1.93 bits per heavy atom. The molecule has 2 aromatic heterocycles. The standard InChI is InChI=1S/C20H9F3N2O2S2/c21-20(22,23)14-5-2-11(3-6-14)1-4-12-9-24-10-13-7-15(27-17(12)13)8-16-18(26)25-19(28)29-16/h2-3,5-10H,(H,25,26,28)/b16-8-. The van der Waals surface area contributed by atoms with Crippen LogP contribution in [-0.2, 0) is 11.0 Å². The molecule has 29 heavy (non-hydrogen) atoms. The molecule has 0 saturated carbocycles. The molecule has 1 aromatic carbocycles. The van der Waals surface area contributed by atoms with E-state index in [-0.39, 0.29) is 5.91 Å². The zero-order valence-electron chi connectivity index (χ0n) is 14.3. The van der Waals surface area contributed by atoms with Gasteiger partial charge in [-0.15, -0.1) is 0 Å². The van der Waals surface area contributed by atoms with E-state index in [2.05, 4.69) is 22.1 Å². The average Bonchev–Trinajstić information content (AvgIpc) is 3.22. The van der Waals surface area contributed by atoms with Crippen LogP contribution >= 0.6 is 24.0 Å². The summed E-state index contributed by atoms with van der Waals surface area (Å²) in [4.78, 5) is 16.3. The summed E-state index contributed by atoms with van der Waals surface area (Å²) in [5.41, 5.74) is 0.642. The van der Waals surface area contributed by atoms with Crippen molar-refractivity contribution in [1.82, 2.24) is 10.3 Å². The smallest absolute Gasteiger partial charge is 0.416 e. The minimum absolute atomic E-state index is 0.291. The number of carbonyl (C=O) groups is 1. The van der Waals surface area contributed by atoms with Crippen LogP contribution < -0.4 is 5.32 Å². The lowest BCUT2D eigenvalue weighted by atomic mass is 10.1. The van der Waals surface area contributed by atoms with Gasteiger partial charge in [0, 0.05) is 29.4 Å². The number of nitrogens with one attached hydrogen (secondary N) is 1. The lowest BCUT2D eigenvalue weighted by Crippen LogP contribution is -2.17. The summed E-state index contributed by atoms with van der Waals surface area (Å²) in [6, 6.07) is 6.29. The Balaban J connectivity index is 1.65. The Labute approximate surface area is 172 Å². The van der Waals surface area contributed by atoms with E-state index in [1.807, 2.05) is 0 Å². The summed E-state index contributed by atoms with van der Waals surface area (Å²) in [5, 5.41) is 3.21. The average molecular weight is 430 g/mol. The first-order valence-electron chi connectivity index (χ1n) is 8.11. The number of furan rings is 1. The molecule has 1 amide bonds. The maximum atomic E-state index is 12.6. The molecule has 3 aromatic rings. The number of halogens is 3. The van der Waals surface area contributed by atoms with Crippen LogP contribution in [-0.4, -0.2) is 15.2 Å². The fourth-order valence-corrected chi connectivity index (χ4v) is 3.60. The van der Waals surface area contributed by atoms with Crippen LogP contribution in [0.5, 0.6) is 0 Å². The van der Waals surface area contributed by atoms with E-state index in [4.69, 9.17) is 16.6 Å². The number of thiocarbonyl (C=S) groups is 1. The van der Waals surface area contributed by atoms with Crippen molar-refractivity contribution in [3.05, 3.63) is 70.1 Å². The van der Waals surface area contributed by atoms with Gasteiger partial charge in [-0.3, -0.25) is 9.78 Å². The normalized spacial score (nSPS) is 15.5. The Kier molecular flexibility index (Phi) is 4.90. The van der Waals surface area contributed by atoms with Gasteiger partial charge >= 0.3 is 6.18 Å². The van der Waals surface area contributed by atoms with E-state index in [0.717, 1.165) is 23.9 Å². The molecule has 1 saturated heterocycles. The molecular formula is C20H9F3N2O2S2. The minimum atomic E-state index is -4.39. The van der Waals surface area contributed by atoms with Crippen LogP contribution in [0.2, 0.25) is 0 Å². The number of nitrogens with zero attached hydrogens (tertiary/aromatic N) is 1. The van der Waals surface area contributed by atoms with Crippen molar-refractivity contribution in [2.24, 2.45) is 0 Å². The van der Waals surface area contributed by atoms with Crippen LogP contribution in [0.1, 0.15) is 22.5 Å². The fourth-order valence-electron chi connectivity index (χ4n) is 2.57. The molecule has 0 bridgehead atoms. The van der Waals surface area contributed by atoms with E-state index < -0.39 is 11.7 Å². The number of hydrogen-bond donors (Lipinski definition) is 1. The van der Waals surface area contributed by atoms with Crippen LogP contribution in [0.15, 0.2) is 52.0 Å².